The van der Waals surface area contributed by atoms with E-state index in [0.29, 0.717) is 54.2 Å². The molecule has 0 spiro atoms. The third kappa shape index (κ3) is 4.97. The number of nitrogens with zero attached hydrogens (tertiary/aromatic N) is 5. The van der Waals surface area contributed by atoms with Gasteiger partial charge in [-0.1, -0.05) is 11.3 Å². The molecule has 0 amide bonds. The van der Waals surface area contributed by atoms with Gasteiger partial charge < -0.3 is 14.7 Å². The van der Waals surface area contributed by atoms with E-state index in [4.69, 9.17) is 4.74 Å². The molecular weight excluding hydrogens is 416 g/mol. The molecule has 1 fully saturated rings. The van der Waals surface area contributed by atoms with E-state index in [0.717, 1.165) is 17.1 Å². The number of nitrogens with one attached hydrogen (secondary N) is 1. The molecule has 1 aliphatic heterocycles. The number of anilines is 3. The predicted molar refractivity (Wildman–Crippen MR) is 119 cm³/mol. The zero-order valence-electron chi connectivity index (χ0n) is 17.4. The zero-order valence-corrected chi connectivity index (χ0v) is 18.2. The average Bonchev–Trinajstić information content (AvgIpc) is 3.15. The van der Waals surface area contributed by atoms with Crippen LogP contribution in [0, 0.1) is 6.92 Å². The number of aliphatic hydroxyl groups is 1. The zero-order chi connectivity index (χ0) is 21.8. The van der Waals surface area contributed by atoms with Gasteiger partial charge in [-0.2, -0.15) is 4.98 Å². The summed E-state index contributed by atoms with van der Waals surface area (Å²) in [6, 6.07) is 5.73. The van der Waals surface area contributed by atoms with Gasteiger partial charge >= 0.3 is 5.97 Å². The van der Waals surface area contributed by atoms with Crippen LogP contribution in [0.25, 0.3) is 11.3 Å². The van der Waals surface area contributed by atoms with E-state index >= 15 is 0 Å². The van der Waals surface area contributed by atoms with Gasteiger partial charge in [-0.05, 0) is 38.8 Å². The number of carbonyl (C=O) groups is 1. The summed E-state index contributed by atoms with van der Waals surface area (Å²) in [5.74, 6) is 0.761. The second kappa shape index (κ2) is 9.36. The van der Waals surface area contributed by atoms with Crippen LogP contribution in [0.3, 0.4) is 0 Å². The summed E-state index contributed by atoms with van der Waals surface area (Å²) in [7, 11) is 0. The fourth-order valence-electron chi connectivity index (χ4n) is 3.34. The molecule has 0 atom stereocenters. The lowest BCUT2D eigenvalue weighted by atomic mass is 10.1. The third-order valence-corrected chi connectivity index (χ3v) is 5.99. The maximum atomic E-state index is 12.1. The fourth-order valence-corrected chi connectivity index (χ4v) is 4.19. The molecule has 4 heterocycles. The Morgan fingerprint density at radius 3 is 2.84 bits per heavy atom. The van der Waals surface area contributed by atoms with E-state index in [2.05, 4.69) is 30.2 Å². The molecule has 9 nitrogen and oxygen atoms in total. The van der Waals surface area contributed by atoms with Crippen LogP contribution in [-0.2, 0) is 4.74 Å². The van der Waals surface area contributed by atoms with Gasteiger partial charge in [0.15, 0.2) is 5.13 Å². The summed E-state index contributed by atoms with van der Waals surface area (Å²) in [4.78, 5) is 32.6. The maximum absolute atomic E-state index is 12.1. The summed E-state index contributed by atoms with van der Waals surface area (Å²) in [6.45, 7) is 5.28. The van der Waals surface area contributed by atoms with Gasteiger partial charge in [0.05, 0.1) is 24.1 Å². The summed E-state index contributed by atoms with van der Waals surface area (Å²) < 4.78 is 5.09. The fraction of sp³-hybridized carbons (Fsp3) is 0.381. The molecule has 1 saturated heterocycles. The van der Waals surface area contributed by atoms with E-state index < -0.39 is 0 Å². The Kier molecular flexibility index (Phi) is 6.38. The van der Waals surface area contributed by atoms with Gasteiger partial charge in [-0.3, -0.25) is 10.3 Å². The molecule has 0 aliphatic carbocycles. The summed E-state index contributed by atoms with van der Waals surface area (Å²) in [6.07, 6.45) is 4.59. The van der Waals surface area contributed by atoms with Gasteiger partial charge in [0.1, 0.15) is 10.7 Å². The molecule has 2 N–H and O–H groups in total. The Bertz CT molecular complexity index is 1050. The van der Waals surface area contributed by atoms with Crippen LogP contribution >= 0.6 is 11.3 Å². The van der Waals surface area contributed by atoms with Gasteiger partial charge in [-0.15, -0.1) is 0 Å². The number of aliphatic hydroxyl groups excluding tert-OH is 1. The van der Waals surface area contributed by atoms with Crippen molar-refractivity contribution in [3.8, 4) is 11.3 Å². The molecule has 10 heteroatoms. The number of pyridine rings is 1. The number of hydrogen-bond acceptors (Lipinski definition) is 10. The largest absolute Gasteiger partial charge is 0.462 e. The van der Waals surface area contributed by atoms with Crippen LogP contribution in [0.4, 0.5) is 16.9 Å². The average molecular weight is 441 g/mol. The molecule has 4 rings (SSSR count). The summed E-state index contributed by atoms with van der Waals surface area (Å²) >= 11 is 1.21. The number of piperidine rings is 1. The predicted octanol–water partition coefficient (Wildman–Crippen LogP) is 3.18. The van der Waals surface area contributed by atoms with Crippen LogP contribution in [0.15, 0.2) is 30.6 Å². The van der Waals surface area contributed by atoms with Crippen LogP contribution in [0.1, 0.15) is 35.1 Å². The van der Waals surface area contributed by atoms with Crippen molar-refractivity contribution in [2.45, 2.75) is 32.8 Å². The van der Waals surface area contributed by atoms with E-state index in [9.17, 15) is 9.90 Å². The van der Waals surface area contributed by atoms with E-state index in [1.54, 1.807) is 26.2 Å². The minimum atomic E-state index is -0.386. The van der Waals surface area contributed by atoms with Crippen molar-refractivity contribution in [1.82, 2.24) is 19.9 Å². The Balaban J connectivity index is 1.66. The number of aromatic nitrogens is 4. The lowest BCUT2D eigenvalue weighted by molar-refractivity contribution is 0.0531. The molecule has 3 aromatic rings. The van der Waals surface area contributed by atoms with Crippen molar-refractivity contribution < 1.29 is 14.6 Å². The number of carbonyl (C=O) groups excluding carboxylic acids is 1. The minimum absolute atomic E-state index is 0.270. The Morgan fingerprint density at radius 2 is 2.13 bits per heavy atom. The second-order valence-corrected chi connectivity index (χ2v) is 8.17. The first kappa shape index (κ1) is 21.1. The van der Waals surface area contributed by atoms with Crippen molar-refractivity contribution in [2.75, 3.05) is 29.9 Å². The molecule has 3 aromatic heterocycles. The van der Waals surface area contributed by atoms with Crippen LogP contribution in [-0.4, -0.2) is 56.8 Å². The molecule has 0 unspecified atom stereocenters. The maximum Gasteiger partial charge on any atom is 0.350 e. The molecule has 0 saturated carbocycles. The van der Waals surface area contributed by atoms with Gasteiger partial charge in [0.2, 0.25) is 5.95 Å². The van der Waals surface area contributed by atoms with Crippen molar-refractivity contribution in [3.05, 3.63) is 41.2 Å². The van der Waals surface area contributed by atoms with Crippen molar-refractivity contribution >= 4 is 34.2 Å². The lowest BCUT2D eigenvalue weighted by Gasteiger charge is -2.30. The Morgan fingerprint density at radius 1 is 1.32 bits per heavy atom. The standard InChI is InChI=1S/C21H24N6O3S/c1-3-30-19(29)18-13(2)23-21(31-18)26-20-24-16(14-5-4-8-22-12-14)11-17(25-20)27-9-6-15(28)7-10-27/h4-5,8,11-12,15,28H,3,6-7,9-10H2,1-2H3,(H,23,24,25,26). The normalized spacial score (nSPS) is 14.5. The third-order valence-electron chi connectivity index (χ3n) is 4.93. The first-order valence-corrected chi connectivity index (χ1v) is 11.0. The molecule has 162 valence electrons. The smallest absolute Gasteiger partial charge is 0.350 e. The SMILES string of the molecule is CCOC(=O)c1sc(Nc2nc(-c3cccnc3)cc(N3CCC(O)CC3)n2)nc1C. The minimum Gasteiger partial charge on any atom is -0.462 e. The molecule has 31 heavy (non-hydrogen) atoms. The molecule has 0 bridgehead atoms. The quantitative estimate of drug-likeness (QED) is 0.558. The highest BCUT2D eigenvalue weighted by molar-refractivity contribution is 7.17. The van der Waals surface area contributed by atoms with Gasteiger partial charge in [0.25, 0.3) is 0 Å². The van der Waals surface area contributed by atoms with E-state index in [-0.39, 0.29) is 12.1 Å². The number of aryl methyl sites for hydroxylation is 1. The highest BCUT2D eigenvalue weighted by Crippen LogP contribution is 2.29. The molecule has 0 radical (unpaired) electrons. The summed E-state index contributed by atoms with van der Waals surface area (Å²) in [5, 5.41) is 13.5. The number of rotatable bonds is 6. The lowest BCUT2D eigenvalue weighted by Crippen LogP contribution is -2.36. The Hall–Kier alpha value is -3.11. The first-order chi connectivity index (χ1) is 15.0. The van der Waals surface area contributed by atoms with Crippen molar-refractivity contribution in [3.63, 3.8) is 0 Å². The highest BCUT2D eigenvalue weighted by atomic mass is 32.1. The van der Waals surface area contributed by atoms with Crippen LogP contribution in [0.2, 0.25) is 0 Å². The molecule has 1 aliphatic rings. The van der Waals surface area contributed by atoms with Crippen LogP contribution < -0.4 is 10.2 Å². The number of hydrogen-bond donors (Lipinski definition) is 2. The molecule has 0 aromatic carbocycles. The number of ether oxygens (including phenoxy) is 1. The molecular formula is C21H24N6O3S. The first-order valence-electron chi connectivity index (χ1n) is 10.2. The Labute approximate surface area is 184 Å². The number of esters is 1. The monoisotopic (exact) mass is 440 g/mol. The van der Waals surface area contributed by atoms with Crippen molar-refractivity contribution in [2.24, 2.45) is 0 Å². The van der Waals surface area contributed by atoms with Gasteiger partial charge in [-0.25, -0.2) is 14.8 Å². The van der Waals surface area contributed by atoms with E-state index in [1.165, 1.54) is 11.3 Å². The van der Waals surface area contributed by atoms with E-state index in [1.807, 2.05) is 18.2 Å². The topological polar surface area (TPSA) is 113 Å². The summed E-state index contributed by atoms with van der Waals surface area (Å²) in [5.41, 5.74) is 2.19. The highest BCUT2D eigenvalue weighted by Gasteiger charge is 2.21. The number of thiazole rings is 1. The van der Waals surface area contributed by atoms with Gasteiger partial charge in [0, 0.05) is 37.1 Å². The second-order valence-electron chi connectivity index (χ2n) is 7.17. The van der Waals surface area contributed by atoms with Crippen LogP contribution in [0.5, 0.6) is 0 Å². The van der Waals surface area contributed by atoms with Crippen molar-refractivity contribution in [1.29, 1.82) is 0 Å².